The van der Waals surface area contributed by atoms with Gasteiger partial charge < -0.3 is 4.90 Å². The molecule has 0 aromatic heterocycles. The zero-order valence-electron chi connectivity index (χ0n) is 10.3. The summed E-state index contributed by atoms with van der Waals surface area (Å²) in [5, 5.41) is 8.65. The molecule has 1 rings (SSSR count). The van der Waals surface area contributed by atoms with Gasteiger partial charge in [-0.15, -0.1) is 13.2 Å². The van der Waals surface area contributed by atoms with Gasteiger partial charge in [-0.3, -0.25) is 4.79 Å². The third-order valence-electron chi connectivity index (χ3n) is 2.44. The smallest absolute Gasteiger partial charge is 0.254 e. The van der Waals surface area contributed by atoms with Crippen LogP contribution in [0.4, 0.5) is 0 Å². The molecule has 0 N–H and O–H groups in total. The minimum absolute atomic E-state index is 0.0745. The molecule has 0 fully saturated rings. The zero-order chi connectivity index (χ0) is 13.4. The fourth-order valence-corrected chi connectivity index (χ4v) is 1.64. The molecule has 0 heterocycles. The van der Waals surface area contributed by atoms with Gasteiger partial charge in [-0.1, -0.05) is 24.3 Å². The summed E-state index contributed by atoms with van der Waals surface area (Å²) >= 11 is 0. The summed E-state index contributed by atoms with van der Waals surface area (Å²) in [6, 6.07) is 9.21. The number of carbonyl (C=O) groups excluding carboxylic acids is 1. The normalized spacial score (nSPS) is 9.28. The third kappa shape index (κ3) is 3.60. The molecule has 0 aliphatic rings. The van der Waals surface area contributed by atoms with Crippen LogP contribution in [0.2, 0.25) is 0 Å². The van der Waals surface area contributed by atoms with Gasteiger partial charge in [-0.25, -0.2) is 0 Å². The van der Waals surface area contributed by atoms with Crippen LogP contribution < -0.4 is 0 Å². The van der Waals surface area contributed by atoms with Gasteiger partial charge in [-0.05, 0) is 17.7 Å². The van der Waals surface area contributed by atoms with E-state index in [1.165, 1.54) is 0 Å². The van der Waals surface area contributed by atoms with Gasteiger partial charge in [0, 0.05) is 18.7 Å². The third-order valence-corrected chi connectivity index (χ3v) is 2.44. The van der Waals surface area contributed by atoms with Crippen molar-refractivity contribution < 1.29 is 4.79 Å². The van der Waals surface area contributed by atoms with Crippen molar-refractivity contribution in [2.45, 2.75) is 6.42 Å². The lowest BCUT2D eigenvalue weighted by Crippen LogP contribution is -2.31. The number of amides is 1. The van der Waals surface area contributed by atoms with Crippen molar-refractivity contribution in [1.82, 2.24) is 4.90 Å². The van der Waals surface area contributed by atoms with E-state index in [0.717, 1.165) is 5.56 Å². The lowest BCUT2D eigenvalue weighted by atomic mass is 10.1. The number of rotatable bonds is 6. The van der Waals surface area contributed by atoms with Crippen LogP contribution in [-0.4, -0.2) is 23.9 Å². The Balaban J connectivity index is 2.93. The van der Waals surface area contributed by atoms with Crippen LogP contribution in [0.5, 0.6) is 0 Å². The topological polar surface area (TPSA) is 44.1 Å². The maximum Gasteiger partial charge on any atom is 0.254 e. The van der Waals surface area contributed by atoms with Crippen molar-refractivity contribution >= 4 is 5.91 Å². The van der Waals surface area contributed by atoms with Gasteiger partial charge in [0.1, 0.15) is 0 Å². The van der Waals surface area contributed by atoms with E-state index < -0.39 is 0 Å². The van der Waals surface area contributed by atoms with Gasteiger partial charge in [0.25, 0.3) is 5.91 Å². The first-order valence-corrected chi connectivity index (χ1v) is 5.70. The van der Waals surface area contributed by atoms with Crippen LogP contribution in [0, 0.1) is 11.3 Å². The molecular weight excluding hydrogens is 224 g/mol. The maximum atomic E-state index is 12.2. The lowest BCUT2D eigenvalue weighted by Gasteiger charge is -2.19. The van der Waals surface area contributed by atoms with Gasteiger partial charge in [0.15, 0.2) is 0 Å². The molecule has 0 saturated carbocycles. The molecule has 1 aromatic carbocycles. The summed E-state index contributed by atoms with van der Waals surface area (Å²) in [6.07, 6.45) is 3.67. The predicted molar refractivity (Wildman–Crippen MR) is 72.1 cm³/mol. The SMILES string of the molecule is C=CCN(CC=C)C(=O)c1cccc(CC#N)c1. The van der Waals surface area contributed by atoms with Gasteiger partial charge >= 0.3 is 0 Å². The minimum atomic E-state index is -0.0745. The lowest BCUT2D eigenvalue weighted by molar-refractivity contribution is 0.0791. The molecule has 0 spiro atoms. The molecule has 18 heavy (non-hydrogen) atoms. The van der Waals surface area contributed by atoms with Crippen LogP contribution >= 0.6 is 0 Å². The quantitative estimate of drug-likeness (QED) is 0.717. The highest BCUT2D eigenvalue weighted by molar-refractivity contribution is 5.94. The largest absolute Gasteiger partial charge is 0.331 e. The number of hydrogen-bond donors (Lipinski definition) is 0. The highest BCUT2D eigenvalue weighted by Gasteiger charge is 2.13. The second-order valence-electron chi connectivity index (χ2n) is 3.82. The fraction of sp³-hybridized carbons (Fsp3) is 0.200. The summed E-state index contributed by atoms with van der Waals surface area (Å²) in [4.78, 5) is 13.9. The van der Waals surface area contributed by atoms with E-state index in [0.29, 0.717) is 25.1 Å². The van der Waals surface area contributed by atoms with Crippen molar-refractivity contribution in [3.05, 3.63) is 60.7 Å². The van der Waals surface area contributed by atoms with E-state index in [1.807, 2.05) is 6.07 Å². The number of nitriles is 1. The molecule has 0 aliphatic heterocycles. The molecule has 1 aromatic rings. The number of nitrogens with zero attached hydrogens (tertiary/aromatic N) is 2. The molecule has 92 valence electrons. The highest BCUT2D eigenvalue weighted by Crippen LogP contribution is 2.09. The Morgan fingerprint density at radius 2 is 2.00 bits per heavy atom. The van der Waals surface area contributed by atoms with E-state index in [2.05, 4.69) is 19.2 Å². The second-order valence-corrected chi connectivity index (χ2v) is 3.82. The molecule has 0 aliphatic carbocycles. The molecule has 0 unspecified atom stereocenters. The molecule has 3 heteroatoms. The van der Waals surface area contributed by atoms with Crippen LogP contribution in [0.1, 0.15) is 15.9 Å². The first-order chi connectivity index (χ1) is 8.72. The molecule has 0 saturated heterocycles. The summed E-state index contributed by atoms with van der Waals surface area (Å²) in [5.74, 6) is -0.0745. The maximum absolute atomic E-state index is 12.2. The van der Waals surface area contributed by atoms with Crippen LogP contribution in [0.15, 0.2) is 49.6 Å². The summed E-state index contributed by atoms with van der Waals surface area (Å²) in [6.45, 7) is 8.23. The second kappa shape index (κ2) is 7.08. The van der Waals surface area contributed by atoms with Crippen molar-refractivity contribution in [3.8, 4) is 6.07 Å². The summed E-state index contributed by atoms with van der Waals surface area (Å²) in [5.41, 5.74) is 1.44. The van der Waals surface area contributed by atoms with Crippen molar-refractivity contribution in [1.29, 1.82) is 5.26 Å². The van der Waals surface area contributed by atoms with Crippen LogP contribution in [-0.2, 0) is 6.42 Å². The summed E-state index contributed by atoms with van der Waals surface area (Å²) < 4.78 is 0. The number of carbonyl (C=O) groups is 1. The Hall–Kier alpha value is -2.34. The van der Waals surface area contributed by atoms with E-state index in [1.54, 1.807) is 35.3 Å². The molecule has 0 radical (unpaired) electrons. The number of hydrogen-bond acceptors (Lipinski definition) is 2. The van der Waals surface area contributed by atoms with Crippen molar-refractivity contribution in [3.63, 3.8) is 0 Å². The molecule has 0 atom stereocenters. The standard InChI is InChI=1S/C15H16N2O/c1-3-10-17(11-4-2)15(18)14-7-5-6-13(12-14)8-9-16/h3-7,12H,1-2,8,10-11H2. The average Bonchev–Trinajstić information content (AvgIpc) is 2.38. The van der Waals surface area contributed by atoms with E-state index >= 15 is 0 Å². The monoisotopic (exact) mass is 240 g/mol. The van der Waals surface area contributed by atoms with E-state index in [9.17, 15) is 4.79 Å². The van der Waals surface area contributed by atoms with E-state index in [-0.39, 0.29) is 5.91 Å². The van der Waals surface area contributed by atoms with Crippen molar-refractivity contribution in [2.75, 3.05) is 13.1 Å². The van der Waals surface area contributed by atoms with Gasteiger partial charge in [-0.2, -0.15) is 5.26 Å². The Bertz CT molecular complexity index is 476. The highest BCUT2D eigenvalue weighted by atomic mass is 16.2. The zero-order valence-corrected chi connectivity index (χ0v) is 10.3. The average molecular weight is 240 g/mol. The van der Waals surface area contributed by atoms with Crippen molar-refractivity contribution in [2.24, 2.45) is 0 Å². The Kier molecular flexibility index (Phi) is 5.40. The summed E-state index contributed by atoms with van der Waals surface area (Å²) in [7, 11) is 0. The Labute approximate surface area is 108 Å². The molecular formula is C15H16N2O. The van der Waals surface area contributed by atoms with Gasteiger partial charge in [0.05, 0.1) is 12.5 Å². The van der Waals surface area contributed by atoms with E-state index in [4.69, 9.17) is 5.26 Å². The fourth-order valence-electron chi connectivity index (χ4n) is 1.64. The molecule has 0 bridgehead atoms. The molecule has 3 nitrogen and oxygen atoms in total. The Morgan fingerprint density at radius 3 is 2.56 bits per heavy atom. The van der Waals surface area contributed by atoms with Crippen LogP contribution in [0.3, 0.4) is 0 Å². The predicted octanol–water partition coefficient (Wildman–Crippen LogP) is 2.57. The minimum Gasteiger partial charge on any atom is -0.331 e. The first-order valence-electron chi connectivity index (χ1n) is 5.70. The first kappa shape index (κ1) is 13.7. The van der Waals surface area contributed by atoms with Gasteiger partial charge in [0.2, 0.25) is 0 Å². The van der Waals surface area contributed by atoms with Crippen LogP contribution in [0.25, 0.3) is 0 Å². The Morgan fingerprint density at radius 1 is 1.33 bits per heavy atom. The molecule has 1 amide bonds. The number of benzene rings is 1.